The van der Waals surface area contributed by atoms with Crippen molar-refractivity contribution in [1.29, 1.82) is 0 Å². The summed E-state index contributed by atoms with van der Waals surface area (Å²) in [7, 11) is 4.72. The van der Waals surface area contributed by atoms with Crippen LogP contribution in [0.2, 0.25) is 0 Å². The maximum atomic E-state index is 13.3. The summed E-state index contributed by atoms with van der Waals surface area (Å²) < 4.78 is 12.5. The molecule has 0 bridgehead atoms. The molecule has 0 spiro atoms. The fraction of sp³-hybridized carbons (Fsp3) is 0.148. The minimum absolute atomic E-state index is 0.184. The van der Waals surface area contributed by atoms with Crippen LogP contribution < -0.4 is 20.1 Å². The van der Waals surface area contributed by atoms with E-state index in [-0.39, 0.29) is 18.4 Å². The number of hydrogen-bond donors (Lipinski definition) is 2. The third-order valence-corrected chi connectivity index (χ3v) is 5.51. The molecule has 2 N–H and O–H groups in total. The van der Waals surface area contributed by atoms with Crippen molar-refractivity contribution in [2.75, 3.05) is 21.3 Å². The van der Waals surface area contributed by atoms with Crippen LogP contribution in [-0.2, 0) is 6.54 Å². The first kappa shape index (κ1) is 23.6. The van der Waals surface area contributed by atoms with E-state index in [1.807, 2.05) is 42.5 Å². The molecule has 2 amide bonds. The van der Waals surface area contributed by atoms with E-state index in [9.17, 15) is 9.59 Å². The van der Waals surface area contributed by atoms with Crippen LogP contribution in [0.1, 0.15) is 26.3 Å². The number of amides is 2. The number of hydrogen-bond acceptors (Lipinski definition) is 5. The molecule has 0 fully saturated rings. The van der Waals surface area contributed by atoms with Gasteiger partial charge in [-0.15, -0.1) is 0 Å². The quantitative estimate of drug-likeness (QED) is 0.408. The molecule has 8 heteroatoms. The van der Waals surface area contributed by atoms with Crippen LogP contribution >= 0.6 is 0 Å². The van der Waals surface area contributed by atoms with Crippen LogP contribution in [0, 0.1) is 0 Å². The smallest absolute Gasteiger partial charge is 0.255 e. The van der Waals surface area contributed by atoms with E-state index in [0.717, 1.165) is 11.3 Å². The van der Waals surface area contributed by atoms with Gasteiger partial charge in [-0.3, -0.25) is 9.59 Å². The summed E-state index contributed by atoms with van der Waals surface area (Å²) in [5, 5.41) is 10.3. The number of methoxy groups -OCH3 is 2. The number of carbonyl (C=O) groups excluding carboxylic acids is 2. The van der Waals surface area contributed by atoms with Crippen molar-refractivity contribution in [3.05, 3.63) is 95.7 Å². The third-order valence-electron chi connectivity index (χ3n) is 5.51. The lowest BCUT2D eigenvalue weighted by atomic mass is 10.1. The number of rotatable bonds is 8. The number of nitrogens with zero attached hydrogens (tertiary/aromatic N) is 2. The fourth-order valence-electron chi connectivity index (χ4n) is 3.69. The predicted octanol–water partition coefficient (Wildman–Crippen LogP) is 3.85. The summed E-state index contributed by atoms with van der Waals surface area (Å²) in [6.45, 7) is 0.249. The average Bonchev–Trinajstić information content (AvgIpc) is 3.37. The molecule has 0 radical (unpaired) electrons. The van der Waals surface area contributed by atoms with Gasteiger partial charge in [-0.1, -0.05) is 30.3 Å². The van der Waals surface area contributed by atoms with Gasteiger partial charge in [-0.25, -0.2) is 4.68 Å². The van der Waals surface area contributed by atoms with Gasteiger partial charge >= 0.3 is 0 Å². The van der Waals surface area contributed by atoms with E-state index in [4.69, 9.17) is 14.6 Å². The molecule has 4 aromatic rings. The van der Waals surface area contributed by atoms with E-state index >= 15 is 0 Å². The zero-order valence-electron chi connectivity index (χ0n) is 19.7. The molecule has 178 valence electrons. The Labute approximate surface area is 203 Å². The number of carbonyl (C=O) groups is 2. The highest BCUT2D eigenvalue weighted by Crippen LogP contribution is 2.34. The van der Waals surface area contributed by atoms with Crippen molar-refractivity contribution in [2.24, 2.45) is 0 Å². The Hall–Kier alpha value is -4.59. The first-order valence-corrected chi connectivity index (χ1v) is 11.0. The van der Waals surface area contributed by atoms with Gasteiger partial charge in [0.1, 0.15) is 17.2 Å². The SMILES string of the molecule is CNC(=O)c1cccc(CNC(=O)c2cn(-c3ccccc3)nc2-c2ccc(OC)cc2OC)c1. The normalized spacial score (nSPS) is 10.5. The lowest BCUT2D eigenvalue weighted by Crippen LogP contribution is -2.23. The molecular weight excluding hydrogens is 444 g/mol. The Morgan fingerprint density at radius 2 is 1.71 bits per heavy atom. The predicted molar refractivity (Wildman–Crippen MR) is 133 cm³/mol. The molecule has 8 nitrogen and oxygen atoms in total. The van der Waals surface area contributed by atoms with Crippen molar-refractivity contribution in [2.45, 2.75) is 6.54 Å². The topological polar surface area (TPSA) is 94.5 Å². The molecule has 0 unspecified atom stereocenters. The van der Waals surface area contributed by atoms with Crippen LogP contribution in [0.25, 0.3) is 16.9 Å². The first-order chi connectivity index (χ1) is 17.0. The molecule has 0 aliphatic carbocycles. The number of ether oxygens (including phenoxy) is 2. The van der Waals surface area contributed by atoms with Crippen LogP contribution in [0.4, 0.5) is 0 Å². The summed E-state index contributed by atoms with van der Waals surface area (Å²) >= 11 is 0. The van der Waals surface area contributed by atoms with E-state index in [1.165, 1.54) is 0 Å². The van der Waals surface area contributed by atoms with Gasteiger partial charge in [0.2, 0.25) is 0 Å². The maximum absolute atomic E-state index is 13.3. The lowest BCUT2D eigenvalue weighted by Gasteiger charge is -2.11. The number of benzene rings is 3. The zero-order valence-corrected chi connectivity index (χ0v) is 19.7. The summed E-state index contributed by atoms with van der Waals surface area (Å²) in [4.78, 5) is 25.3. The Morgan fingerprint density at radius 3 is 2.43 bits per heavy atom. The van der Waals surface area contributed by atoms with Crippen LogP contribution in [0.3, 0.4) is 0 Å². The van der Waals surface area contributed by atoms with Gasteiger partial charge in [0.25, 0.3) is 11.8 Å². The fourth-order valence-corrected chi connectivity index (χ4v) is 3.69. The molecule has 4 rings (SSSR count). The highest BCUT2D eigenvalue weighted by molar-refractivity contribution is 6.00. The second kappa shape index (κ2) is 10.6. The Kier molecular flexibility index (Phi) is 7.11. The molecular formula is C27H26N4O4. The molecule has 35 heavy (non-hydrogen) atoms. The van der Waals surface area contributed by atoms with E-state index in [2.05, 4.69) is 10.6 Å². The Bertz CT molecular complexity index is 1350. The highest BCUT2D eigenvalue weighted by Gasteiger charge is 2.22. The molecule has 1 heterocycles. The van der Waals surface area contributed by atoms with Gasteiger partial charge in [0, 0.05) is 37.0 Å². The second-order valence-electron chi connectivity index (χ2n) is 7.70. The summed E-state index contributed by atoms with van der Waals surface area (Å²) in [6, 6.07) is 22.0. The highest BCUT2D eigenvalue weighted by atomic mass is 16.5. The van der Waals surface area contributed by atoms with Gasteiger partial charge < -0.3 is 20.1 Å². The molecule has 1 aromatic heterocycles. The third kappa shape index (κ3) is 5.16. The maximum Gasteiger partial charge on any atom is 0.255 e. The van der Waals surface area contributed by atoms with Gasteiger partial charge in [-0.05, 0) is 42.0 Å². The van der Waals surface area contributed by atoms with Crippen LogP contribution in [-0.4, -0.2) is 42.9 Å². The van der Waals surface area contributed by atoms with Crippen LogP contribution in [0.15, 0.2) is 79.0 Å². The molecule has 0 aliphatic heterocycles. The number of aromatic nitrogens is 2. The molecule has 0 atom stereocenters. The van der Waals surface area contributed by atoms with Gasteiger partial charge in [-0.2, -0.15) is 5.10 Å². The largest absolute Gasteiger partial charge is 0.497 e. The van der Waals surface area contributed by atoms with Crippen molar-refractivity contribution in [3.63, 3.8) is 0 Å². The summed E-state index contributed by atoms with van der Waals surface area (Å²) in [5.41, 5.74) is 3.68. The van der Waals surface area contributed by atoms with Crippen molar-refractivity contribution in [3.8, 4) is 28.4 Å². The standard InChI is InChI=1S/C27H26N4O4/c1-28-26(32)19-9-7-8-18(14-19)16-29-27(33)23-17-31(20-10-5-4-6-11-20)30-25(23)22-13-12-21(34-2)15-24(22)35-3/h4-15,17H,16H2,1-3H3,(H,28,32)(H,29,33). The molecule has 0 aliphatic rings. The minimum Gasteiger partial charge on any atom is -0.497 e. The molecule has 3 aromatic carbocycles. The summed E-state index contributed by atoms with van der Waals surface area (Å²) in [5.74, 6) is 0.687. The van der Waals surface area contributed by atoms with E-state index in [0.29, 0.717) is 33.9 Å². The molecule has 0 saturated carbocycles. The van der Waals surface area contributed by atoms with Gasteiger partial charge in [0.05, 0.1) is 25.5 Å². The van der Waals surface area contributed by atoms with E-state index in [1.54, 1.807) is 62.5 Å². The lowest BCUT2D eigenvalue weighted by molar-refractivity contribution is 0.0949. The monoisotopic (exact) mass is 470 g/mol. The average molecular weight is 471 g/mol. The minimum atomic E-state index is -0.301. The first-order valence-electron chi connectivity index (χ1n) is 11.0. The van der Waals surface area contributed by atoms with Crippen molar-refractivity contribution >= 4 is 11.8 Å². The summed E-state index contributed by atoms with van der Waals surface area (Å²) in [6.07, 6.45) is 1.70. The Morgan fingerprint density at radius 1 is 0.914 bits per heavy atom. The second-order valence-corrected chi connectivity index (χ2v) is 7.70. The van der Waals surface area contributed by atoms with Crippen molar-refractivity contribution in [1.82, 2.24) is 20.4 Å². The van der Waals surface area contributed by atoms with Crippen LogP contribution in [0.5, 0.6) is 11.5 Å². The van der Waals surface area contributed by atoms with Crippen molar-refractivity contribution < 1.29 is 19.1 Å². The molecule has 0 saturated heterocycles. The number of para-hydroxylation sites is 1. The number of nitrogens with one attached hydrogen (secondary N) is 2. The van der Waals surface area contributed by atoms with Gasteiger partial charge in [0.15, 0.2) is 0 Å². The Balaban J connectivity index is 1.69. The zero-order chi connectivity index (χ0) is 24.8. The van der Waals surface area contributed by atoms with E-state index < -0.39 is 0 Å².